The molecule has 1 fully saturated rings. The zero-order chi connectivity index (χ0) is 13.2. The molecular formula is C14H17BrN2O2. The van der Waals surface area contributed by atoms with Crippen LogP contribution in [0.1, 0.15) is 31.3 Å². The zero-order valence-electron chi connectivity index (χ0n) is 10.9. The minimum Gasteiger partial charge on any atom is -0.377 e. The van der Waals surface area contributed by atoms with Crippen LogP contribution in [0.2, 0.25) is 0 Å². The largest absolute Gasteiger partial charge is 0.377 e. The first kappa shape index (κ1) is 13.1. The third-order valence-electron chi connectivity index (χ3n) is 3.44. The van der Waals surface area contributed by atoms with Crippen LogP contribution in [0.25, 0.3) is 11.0 Å². The van der Waals surface area contributed by atoms with E-state index in [0.29, 0.717) is 6.61 Å². The lowest BCUT2D eigenvalue weighted by atomic mass is 10.2. The number of nitrogens with zero attached hydrogens (tertiary/aromatic N) is 2. The van der Waals surface area contributed by atoms with E-state index in [-0.39, 0.29) is 6.23 Å². The van der Waals surface area contributed by atoms with Crippen LogP contribution in [-0.4, -0.2) is 23.3 Å². The predicted octanol–water partition coefficient (Wildman–Crippen LogP) is 3.64. The number of benzene rings is 1. The molecule has 3 rings (SSSR count). The molecular weight excluding hydrogens is 308 g/mol. The minimum atomic E-state index is 0.0880. The third-order valence-corrected chi connectivity index (χ3v) is 3.93. The lowest BCUT2D eigenvalue weighted by Gasteiger charge is -2.25. The molecule has 0 N–H and O–H groups in total. The first-order valence-corrected chi connectivity index (χ1v) is 7.36. The summed E-state index contributed by atoms with van der Waals surface area (Å²) in [5.74, 6) is 0.933. The van der Waals surface area contributed by atoms with Crippen molar-refractivity contribution in [1.29, 1.82) is 0 Å². The van der Waals surface area contributed by atoms with Crippen LogP contribution in [-0.2, 0) is 16.1 Å². The Kier molecular flexibility index (Phi) is 3.86. The normalized spacial score (nSPS) is 20.0. The Balaban J connectivity index is 2.09. The molecule has 1 atom stereocenters. The summed E-state index contributed by atoms with van der Waals surface area (Å²) < 4.78 is 14.4. The minimum absolute atomic E-state index is 0.0880. The van der Waals surface area contributed by atoms with Gasteiger partial charge in [0.1, 0.15) is 18.7 Å². The van der Waals surface area contributed by atoms with Crippen LogP contribution in [0, 0.1) is 0 Å². The number of hydrogen-bond donors (Lipinski definition) is 0. The van der Waals surface area contributed by atoms with Crippen LogP contribution >= 0.6 is 15.9 Å². The monoisotopic (exact) mass is 324 g/mol. The number of imidazole rings is 1. The highest BCUT2D eigenvalue weighted by atomic mass is 79.9. The van der Waals surface area contributed by atoms with Crippen molar-refractivity contribution in [2.75, 3.05) is 13.7 Å². The van der Waals surface area contributed by atoms with Crippen LogP contribution < -0.4 is 0 Å². The zero-order valence-corrected chi connectivity index (χ0v) is 12.5. The van der Waals surface area contributed by atoms with Crippen molar-refractivity contribution in [1.82, 2.24) is 9.55 Å². The maximum atomic E-state index is 5.90. The van der Waals surface area contributed by atoms with Crippen LogP contribution in [0.3, 0.4) is 0 Å². The Morgan fingerprint density at radius 3 is 3.11 bits per heavy atom. The lowest BCUT2D eigenvalue weighted by Crippen LogP contribution is -2.20. The molecule has 2 aromatic rings. The Bertz CT molecular complexity index is 576. The van der Waals surface area contributed by atoms with E-state index in [1.807, 2.05) is 12.1 Å². The van der Waals surface area contributed by atoms with Crippen molar-refractivity contribution in [3.8, 4) is 0 Å². The van der Waals surface area contributed by atoms with E-state index in [4.69, 9.17) is 9.47 Å². The van der Waals surface area contributed by atoms with Gasteiger partial charge in [0.05, 0.1) is 11.0 Å². The topological polar surface area (TPSA) is 36.3 Å². The van der Waals surface area contributed by atoms with E-state index < -0.39 is 0 Å². The molecule has 0 spiro atoms. The maximum Gasteiger partial charge on any atom is 0.138 e. The molecule has 0 aliphatic carbocycles. The summed E-state index contributed by atoms with van der Waals surface area (Å²) in [4.78, 5) is 4.67. The second-order valence-electron chi connectivity index (χ2n) is 4.79. The number of halogens is 1. The van der Waals surface area contributed by atoms with Gasteiger partial charge in [-0.15, -0.1) is 0 Å². The lowest BCUT2D eigenvalue weighted by molar-refractivity contribution is -0.0332. The van der Waals surface area contributed by atoms with Gasteiger partial charge < -0.3 is 9.47 Å². The molecule has 1 aromatic carbocycles. The quantitative estimate of drug-likeness (QED) is 0.864. The molecule has 19 heavy (non-hydrogen) atoms. The number of fused-ring (bicyclic) bond motifs is 1. The van der Waals surface area contributed by atoms with Crippen LogP contribution in [0.4, 0.5) is 0 Å². The highest BCUT2D eigenvalue weighted by Gasteiger charge is 2.21. The van der Waals surface area contributed by atoms with E-state index in [1.54, 1.807) is 7.11 Å². The van der Waals surface area contributed by atoms with Crippen molar-refractivity contribution in [2.24, 2.45) is 0 Å². The fraction of sp³-hybridized carbons (Fsp3) is 0.500. The Morgan fingerprint density at radius 1 is 1.47 bits per heavy atom. The van der Waals surface area contributed by atoms with Crippen molar-refractivity contribution in [2.45, 2.75) is 32.1 Å². The molecule has 0 bridgehead atoms. The second kappa shape index (κ2) is 5.61. The third kappa shape index (κ3) is 2.55. The summed E-state index contributed by atoms with van der Waals surface area (Å²) in [6.45, 7) is 1.33. The number of methoxy groups -OCH3 is 1. The van der Waals surface area contributed by atoms with Crippen molar-refractivity contribution >= 4 is 27.0 Å². The highest BCUT2D eigenvalue weighted by molar-refractivity contribution is 9.10. The maximum absolute atomic E-state index is 5.90. The molecule has 1 aliphatic rings. The molecule has 0 radical (unpaired) electrons. The number of ether oxygens (including phenoxy) is 2. The van der Waals surface area contributed by atoms with Gasteiger partial charge >= 0.3 is 0 Å². The summed E-state index contributed by atoms with van der Waals surface area (Å²) in [7, 11) is 1.70. The average Bonchev–Trinajstić information content (AvgIpc) is 2.77. The van der Waals surface area contributed by atoms with Gasteiger partial charge in [0.25, 0.3) is 0 Å². The molecule has 1 unspecified atom stereocenters. The molecule has 1 aromatic heterocycles. The second-order valence-corrected chi connectivity index (χ2v) is 5.70. The van der Waals surface area contributed by atoms with Gasteiger partial charge in [0.2, 0.25) is 0 Å². The van der Waals surface area contributed by atoms with Gasteiger partial charge in [-0.05, 0) is 37.5 Å². The van der Waals surface area contributed by atoms with E-state index in [1.165, 1.54) is 6.42 Å². The highest BCUT2D eigenvalue weighted by Crippen LogP contribution is 2.30. The summed E-state index contributed by atoms with van der Waals surface area (Å²) >= 11 is 3.49. The molecule has 102 valence electrons. The van der Waals surface area contributed by atoms with Crippen LogP contribution in [0.5, 0.6) is 0 Å². The Morgan fingerprint density at radius 2 is 2.37 bits per heavy atom. The summed E-state index contributed by atoms with van der Waals surface area (Å²) in [6, 6.07) is 6.16. The smallest absolute Gasteiger partial charge is 0.138 e. The van der Waals surface area contributed by atoms with Crippen LogP contribution in [0.15, 0.2) is 22.7 Å². The average molecular weight is 325 g/mol. The summed E-state index contributed by atoms with van der Waals surface area (Å²) in [5.41, 5.74) is 2.10. The van der Waals surface area contributed by atoms with Crippen molar-refractivity contribution < 1.29 is 9.47 Å². The number of hydrogen-bond acceptors (Lipinski definition) is 3. The number of aromatic nitrogens is 2. The molecule has 2 heterocycles. The molecule has 5 heteroatoms. The van der Waals surface area contributed by atoms with E-state index in [0.717, 1.165) is 40.8 Å². The van der Waals surface area contributed by atoms with Gasteiger partial charge in [-0.3, -0.25) is 4.57 Å². The SMILES string of the molecule is COCc1nc2cc(Br)ccc2n1C1CCCCO1. The standard InChI is InChI=1S/C14H17BrN2O2/c1-18-9-13-16-11-8-10(15)5-6-12(11)17(13)14-4-2-3-7-19-14/h5-6,8,14H,2-4,7,9H2,1H3. The van der Waals surface area contributed by atoms with Gasteiger partial charge in [-0.1, -0.05) is 15.9 Å². The molecule has 0 saturated carbocycles. The van der Waals surface area contributed by atoms with E-state index >= 15 is 0 Å². The number of rotatable bonds is 3. The molecule has 0 amide bonds. The molecule has 4 nitrogen and oxygen atoms in total. The van der Waals surface area contributed by atoms with Gasteiger partial charge in [0.15, 0.2) is 0 Å². The summed E-state index contributed by atoms with van der Waals surface area (Å²) in [5, 5.41) is 0. The predicted molar refractivity (Wildman–Crippen MR) is 77.0 cm³/mol. The van der Waals surface area contributed by atoms with Gasteiger partial charge in [-0.25, -0.2) is 4.98 Å². The molecule has 1 aliphatic heterocycles. The Labute approximate surface area is 120 Å². The Hall–Kier alpha value is -0.910. The van der Waals surface area contributed by atoms with Gasteiger partial charge in [0, 0.05) is 18.2 Å². The van der Waals surface area contributed by atoms with E-state index in [2.05, 4.69) is 31.5 Å². The fourth-order valence-electron chi connectivity index (χ4n) is 2.60. The van der Waals surface area contributed by atoms with E-state index in [9.17, 15) is 0 Å². The fourth-order valence-corrected chi connectivity index (χ4v) is 2.95. The van der Waals surface area contributed by atoms with Crippen molar-refractivity contribution in [3.05, 3.63) is 28.5 Å². The van der Waals surface area contributed by atoms with Crippen molar-refractivity contribution in [3.63, 3.8) is 0 Å². The summed E-state index contributed by atoms with van der Waals surface area (Å²) in [6.07, 6.45) is 3.48. The first-order chi connectivity index (χ1) is 9.29. The first-order valence-electron chi connectivity index (χ1n) is 6.56. The molecule has 1 saturated heterocycles. The van der Waals surface area contributed by atoms with Gasteiger partial charge in [-0.2, -0.15) is 0 Å².